The van der Waals surface area contributed by atoms with E-state index < -0.39 is 57.2 Å². The van der Waals surface area contributed by atoms with Crippen LogP contribution in [-0.4, -0.2) is 152 Å². The maximum Gasteiger partial charge on any atom is 0.277 e. The molecule has 0 bridgehead atoms. The van der Waals surface area contributed by atoms with Gasteiger partial charge in [-0.05, 0) is 225 Å². The van der Waals surface area contributed by atoms with E-state index in [1.54, 1.807) is 61.1 Å². The van der Waals surface area contributed by atoms with Crippen molar-refractivity contribution in [2.24, 2.45) is 28.1 Å². The number of benzene rings is 6. The molecular formula is C99H107Cl2N13O14S2. The smallest absolute Gasteiger partial charge is 0.277 e. The molecule has 4 N–H and O–H groups in total. The number of nitro groups is 2. The number of sulfonamides is 2. The lowest BCUT2D eigenvalue weighted by Crippen LogP contribution is -2.47. The van der Waals surface area contributed by atoms with Gasteiger partial charge >= 0.3 is 0 Å². The number of aromatic amines is 2. The van der Waals surface area contributed by atoms with Gasteiger partial charge in [-0.1, -0.05) is 106 Å². The Morgan fingerprint density at radius 1 is 0.523 bits per heavy atom. The van der Waals surface area contributed by atoms with Gasteiger partial charge in [0, 0.05) is 164 Å². The fraction of sp³-hybridized carbons (Fsp3) is 0.384. The van der Waals surface area contributed by atoms with E-state index in [4.69, 9.17) is 42.1 Å². The minimum absolute atomic E-state index is 0.0327. The van der Waals surface area contributed by atoms with Crippen LogP contribution < -0.4 is 38.2 Å². The predicted molar refractivity (Wildman–Crippen MR) is 504 cm³/mol. The first-order chi connectivity index (χ1) is 62.1. The Labute approximate surface area is 766 Å². The number of allylic oxidation sites excluding steroid dienone is 2. The van der Waals surface area contributed by atoms with Crippen molar-refractivity contribution >= 4 is 111 Å². The molecule has 0 unspecified atom stereocenters. The van der Waals surface area contributed by atoms with Crippen LogP contribution in [0.2, 0.25) is 10.0 Å². The van der Waals surface area contributed by atoms with Gasteiger partial charge in [0.2, 0.25) is 0 Å². The number of fused-ring (bicyclic) bond motifs is 4. The molecule has 4 aliphatic heterocycles. The zero-order valence-electron chi connectivity index (χ0n) is 74.0. The largest absolute Gasteiger partial charge is 0.493 e. The molecule has 678 valence electrons. The maximum atomic E-state index is 14.1. The number of carbonyl (C=O) groups excluding carboxylic acids is 2. The van der Waals surface area contributed by atoms with Gasteiger partial charge in [-0.2, -0.15) is 0 Å². The summed E-state index contributed by atoms with van der Waals surface area (Å²) in [4.78, 5) is 79.7. The highest BCUT2D eigenvalue weighted by molar-refractivity contribution is 7.90. The Bertz CT molecular complexity index is 6470. The van der Waals surface area contributed by atoms with Gasteiger partial charge in [-0.15, -0.1) is 0 Å². The summed E-state index contributed by atoms with van der Waals surface area (Å²) in [6.07, 6.45) is 20.8. The van der Waals surface area contributed by atoms with Crippen molar-refractivity contribution in [1.82, 2.24) is 44.2 Å². The molecule has 0 radical (unpaired) electrons. The number of anilines is 2. The lowest BCUT2D eigenvalue weighted by molar-refractivity contribution is -0.386. The number of hydrogen-bond donors (Lipinski definition) is 4. The summed E-state index contributed by atoms with van der Waals surface area (Å²) in [5.41, 5.74) is 13.4. The van der Waals surface area contributed by atoms with Gasteiger partial charge < -0.3 is 38.7 Å². The number of piperazine rings is 2. The van der Waals surface area contributed by atoms with Gasteiger partial charge in [-0.3, -0.25) is 44.6 Å². The zero-order valence-corrected chi connectivity index (χ0v) is 77.1. The lowest BCUT2D eigenvalue weighted by Gasteiger charge is -2.39. The molecule has 2 amide bonds. The van der Waals surface area contributed by atoms with E-state index in [-0.39, 0.29) is 81.1 Å². The van der Waals surface area contributed by atoms with Gasteiger partial charge in [0.05, 0.1) is 67.5 Å². The Morgan fingerprint density at radius 3 is 1.42 bits per heavy atom. The molecule has 27 nitrogen and oxygen atoms in total. The SMILES string of the molecule is CC1(C)CCC(C[C@H]2COc3cc(S(=O)(=O)NC(=O)c4ccc(N5CCN(CC6=C(c7ccc(Cl)cc7)CC(C)(C)CC6)CC5)cc4Oc4cnc5[nH]ccc5c4)cc([N+](=O)[O-])c3C2)CC1.Cc1ccc([C@@H]2COc3cc(S(=O)(=O)NC(=O)c4ccc(N5CCN(CC6=C(c7ccc(Cl)cc7)CC(C)(C)CC6)CC5)cc4Oc4cnc5[nH]ccc5c4)cc([N+](=O)[O-])c3C2)nc1. The van der Waals surface area contributed by atoms with Crippen LogP contribution in [-0.2, 0) is 32.9 Å². The molecule has 31 heteroatoms. The number of nitrogens with zero attached hydrogens (tertiary/aromatic N) is 9. The van der Waals surface area contributed by atoms with E-state index in [0.29, 0.717) is 71.5 Å². The van der Waals surface area contributed by atoms with Crippen molar-refractivity contribution in [3.05, 3.63) is 263 Å². The van der Waals surface area contributed by atoms with Crippen molar-refractivity contribution < 1.29 is 55.2 Å². The van der Waals surface area contributed by atoms with Crippen LogP contribution in [0.4, 0.5) is 22.7 Å². The molecule has 5 aromatic heterocycles. The van der Waals surface area contributed by atoms with Crippen LogP contribution >= 0.6 is 23.2 Å². The molecule has 3 aliphatic carbocycles. The van der Waals surface area contributed by atoms with E-state index in [1.165, 1.54) is 64.0 Å². The highest BCUT2D eigenvalue weighted by Crippen LogP contribution is 2.49. The van der Waals surface area contributed by atoms with Crippen molar-refractivity contribution in [2.75, 3.05) is 88.5 Å². The quantitative estimate of drug-likeness (QED) is 0.0341. The third kappa shape index (κ3) is 20.8. The van der Waals surface area contributed by atoms with Crippen molar-refractivity contribution in [3.63, 3.8) is 0 Å². The Hall–Kier alpha value is -11.7. The number of rotatable bonds is 23. The molecule has 0 spiro atoms. The highest BCUT2D eigenvalue weighted by atomic mass is 35.5. The van der Waals surface area contributed by atoms with Crippen LogP contribution in [0.15, 0.2) is 198 Å². The van der Waals surface area contributed by atoms with E-state index >= 15 is 0 Å². The summed E-state index contributed by atoms with van der Waals surface area (Å²) in [5.74, 6) is -0.422. The number of nitrogens with one attached hydrogen (secondary N) is 4. The monoisotopic (exact) mass is 1840 g/mol. The molecule has 2 atom stereocenters. The first kappa shape index (κ1) is 90.2. The third-order valence-electron chi connectivity index (χ3n) is 26.8. The number of amides is 2. The van der Waals surface area contributed by atoms with Gasteiger partial charge in [0.15, 0.2) is 0 Å². The number of hydrogen-bond acceptors (Lipinski definition) is 21. The van der Waals surface area contributed by atoms with E-state index in [9.17, 15) is 46.7 Å². The standard InChI is InChI=1S/C51H59ClN6O7S.C48H48ClN7O7S/c1-50(2)15-11-33(12-16-50)23-34-24-43-45(58(60)61)27-41(28-46(43)64-32-34)66(62,63)55-49(59)42-10-9-39(26-47(42)65-40-25-36-14-18-53-48(36)54-30-40)57-21-19-56(20-22-57)31-37-13-17-51(3,4)29-44(37)35-5-7-38(52)8-6-35;1-30-4-11-42(51-26-30)34-21-40-43(56(58)59)23-38(24-44(40)62-29-34)64(60,61)53-47(57)39-10-9-36(22-45(39)63-37-20-32-13-15-50-46(32)52-27-37)55-18-16-54(17-19-55)28-33-12-14-48(2,3)25-41(33)31-5-7-35(49)8-6-31/h5-10,14,18,25-28,30,33-34H,11-13,15-17,19-24,29,31-32H2,1-4H3,(H,53,54)(H,55,59);4-11,13,15,20,22-24,26-27,34H,12,14,16-19,21,25,28-29H2,1-3H3,(H,50,52)(H,53,57)/t2*34-/m10/s1. The van der Waals surface area contributed by atoms with Crippen LogP contribution in [0.25, 0.3) is 33.2 Å². The average Bonchev–Trinajstić information content (AvgIpc) is 0.960. The minimum Gasteiger partial charge on any atom is -0.493 e. The number of aryl methyl sites for hydroxylation is 1. The second kappa shape index (κ2) is 37.3. The molecule has 6 aromatic carbocycles. The second-order valence-corrected chi connectivity index (χ2v) is 42.3. The Kier molecular flexibility index (Phi) is 25.9. The van der Waals surface area contributed by atoms with Crippen LogP contribution in [0.5, 0.6) is 34.5 Å². The van der Waals surface area contributed by atoms with Gasteiger partial charge in [-0.25, -0.2) is 36.2 Å². The summed E-state index contributed by atoms with van der Waals surface area (Å²) in [6.45, 7) is 24.2. The predicted octanol–water partition coefficient (Wildman–Crippen LogP) is 20.2. The highest BCUT2D eigenvalue weighted by Gasteiger charge is 2.39. The number of carbonyl (C=O) groups is 2. The van der Waals surface area contributed by atoms with E-state index in [0.717, 1.165) is 173 Å². The second-order valence-electron chi connectivity index (χ2n) is 38.0. The van der Waals surface area contributed by atoms with Gasteiger partial charge in [0.25, 0.3) is 43.2 Å². The topological polar surface area (TPSA) is 333 Å². The van der Waals surface area contributed by atoms with Crippen LogP contribution in [0.3, 0.4) is 0 Å². The number of nitro benzene ring substituents is 2. The lowest BCUT2D eigenvalue weighted by atomic mass is 9.70. The van der Waals surface area contributed by atoms with Crippen molar-refractivity contribution in [1.29, 1.82) is 0 Å². The fourth-order valence-corrected chi connectivity index (χ4v) is 21.5. The number of halogens is 2. The zero-order chi connectivity index (χ0) is 91.1. The van der Waals surface area contributed by atoms with E-state index in [1.807, 2.05) is 55.5 Å². The van der Waals surface area contributed by atoms with Crippen molar-refractivity contribution in [3.8, 4) is 34.5 Å². The summed E-state index contributed by atoms with van der Waals surface area (Å²) < 4.78 is 84.8. The van der Waals surface area contributed by atoms with E-state index in [2.05, 4.69) is 120 Å². The molecule has 11 aromatic rings. The first-order valence-corrected chi connectivity index (χ1v) is 48.2. The molecule has 3 fully saturated rings. The molecule has 7 aliphatic rings. The normalized spacial score (nSPS) is 19.0. The van der Waals surface area contributed by atoms with Crippen molar-refractivity contribution in [2.45, 2.75) is 148 Å². The molecule has 18 rings (SSSR count). The number of aromatic nitrogens is 5. The first-order valence-electron chi connectivity index (χ1n) is 44.5. The third-order valence-corrected chi connectivity index (χ3v) is 29.9. The van der Waals surface area contributed by atoms with Gasteiger partial charge in [0.1, 0.15) is 45.8 Å². The molecular weight excluding hydrogens is 1730 g/mol. The van der Waals surface area contributed by atoms with Crippen LogP contribution in [0, 0.1) is 55.2 Å². The molecule has 130 heavy (non-hydrogen) atoms. The number of ether oxygens (including phenoxy) is 4. The number of pyridine rings is 3. The average molecular weight is 1840 g/mol. The number of H-pyrrole nitrogens is 2. The Balaban J connectivity index is 0.000000182. The summed E-state index contributed by atoms with van der Waals surface area (Å²) in [5, 5.41) is 27.8. The van der Waals surface area contributed by atoms with Crippen LogP contribution in [0.1, 0.15) is 172 Å². The summed E-state index contributed by atoms with van der Waals surface area (Å²) in [6, 6.07) is 42.0. The summed E-state index contributed by atoms with van der Waals surface area (Å²) >= 11 is 12.5. The minimum atomic E-state index is -4.65. The maximum absolute atomic E-state index is 14.1. The molecule has 2 saturated heterocycles. The fourth-order valence-electron chi connectivity index (χ4n) is 19.2. The molecule has 1 saturated carbocycles. The Morgan fingerprint density at radius 2 is 0.977 bits per heavy atom. The molecule has 9 heterocycles. The summed E-state index contributed by atoms with van der Waals surface area (Å²) in [7, 11) is -9.27.